The third kappa shape index (κ3) is 1.64. The van der Waals surface area contributed by atoms with Gasteiger partial charge < -0.3 is 10.1 Å². The fraction of sp³-hybridized carbons (Fsp3) is 0.333. The normalized spacial score (nSPS) is 16.1. The second-order valence-electron chi connectivity index (χ2n) is 4.57. The van der Waals surface area contributed by atoms with Crippen molar-refractivity contribution >= 4 is 11.6 Å². The van der Waals surface area contributed by atoms with Gasteiger partial charge in [-0.3, -0.25) is 4.79 Å². The highest BCUT2D eigenvalue weighted by molar-refractivity contribution is 5.82. The van der Waals surface area contributed by atoms with Gasteiger partial charge in [-0.05, 0) is 30.4 Å². The quantitative estimate of drug-likeness (QED) is 0.904. The monoisotopic (exact) mass is 251 g/mol. The molecule has 1 amide bonds. The van der Waals surface area contributed by atoms with Crippen molar-refractivity contribution in [1.82, 2.24) is 9.38 Å². The predicted octanol–water partition coefficient (Wildman–Crippen LogP) is 1.79. The van der Waals surface area contributed by atoms with E-state index in [4.69, 9.17) is 0 Å². The summed E-state index contributed by atoms with van der Waals surface area (Å²) in [5, 5.41) is 0. The summed E-state index contributed by atoms with van der Waals surface area (Å²) in [5.74, 6) is -4.89. The molecule has 0 atom stereocenters. The molecule has 0 aromatic carbocycles. The first-order chi connectivity index (χ1) is 8.48. The average molecular weight is 251 g/mol. The standard InChI is InChI=1S/C12H11F2N3O/c13-12(14,11(15)18)9-6-17-5-8(7-1-2-7)3-4-10(17)16-9/h3-7H,1-2H2,(H2,15,18). The molecular weight excluding hydrogens is 240 g/mol. The van der Waals surface area contributed by atoms with E-state index in [1.165, 1.54) is 4.40 Å². The van der Waals surface area contributed by atoms with E-state index in [0.717, 1.165) is 24.6 Å². The van der Waals surface area contributed by atoms with E-state index in [1.54, 1.807) is 12.3 Å². The van der Waals surface area contributed by atoms with Gasteiger partial charge in [0.2, 0.25) is 0 Å². The fourth-order valence-corrected chi connectivity index (χ4v) is 1.94. The van der Waals surface area contributed by atoms with Crippen LogP contribution in [0.1, 0.15) is 30.0 Å². The average Bonchev–Trinajstić information content (AvgIpc) is 3.07. The molecule has 2 aromatic heterocycles. The Kier molecular flexibility index (Phi) is 2.17. The molecule has 0 radical (unpaired) electrons. The van der Waals surface area contributed by atoms with Gasteiger partial charge in [-0.1, -0.05) is 6.07 Å². The minimum absolute atomic E-state index is 0.385. The Labute approximate surface area is 101 Å². The maximum atomic E-state index is 13.4. The van der Waals surface area contributed by atoms with Gasteiger partial charge in [0.05, 0.1) is 0 Å². The van der Waals surface area contributed by atoms with Crippen LogP contribution in [0.3, 0.4) is 0 Å². The SMILES string of the molecule is NC(=O)C(F)(F)c1cn2cc(C3CC3)ccc2n1. The number of nitrogens with two attached hydrogens (primary N) is 1. The summed E-state index contributed by atoms with van der Waals surface area (Å²) >= 11 is 0. The highest BCUT2D eigenvalue weighted by Crippen LogP contribution is 2.40. The molecule has 0 bridgehead atoms. The van der Waals surface area contributed by atoms with Gasteiger partial charge in [0.15, 0.2) is 0 Å². The van der Waals surface area contributed by atoms with Crippen LogP contribution in [0.4, 0.5) is 8.78 Å². The third-order valence-electron chi connectivity index (χ3n) is 3.15. The molecule has 1 aliphatic rings. The maximum Gasteiger partial charge on any atom is 0.367 e. The molecule has 0 saturated heterocycles. The number of pyridine rings is 1. The van der Waals surface area contributed by atoms with Gasteiger partial charge >= 0.3 is 5.92 Å². The Bertz CT molecular complexity index is 631. The first kappa shape index (κ1) is 11.1. The Balaban J connectivity index is 2.07. The molecule has 3 rings (SSSR count). The molecule has 1 saturated carbocycles. The smallest absolute Gasteiger partial charge is 0.364 e. The van der Waals surface area contributed by atoms with Crippen LogP contribution in [0.15, 0.2) is 24.5 Å². The molecule has 0 aliphatic heterocycles. The molecule has 2 N–H and O–H groups in total. The molecule has 94 valence electrons. The molecule has 0 unspecified atom stereocenters. The van der Waals surface area contributed by atoms with Crippen molar-refractivity contribution < 1.29 is 13.6 Å². The van der Waals surface area contributed by atoms with Crippen LogP contribution in [0.25, 0.3) is 5.65 Å². The molecule has 6 heteroatoms. The highest BCUT2D eigenvalue weighted by Gasteiger charge is 2.41. The number of halogens is 2. The van der Waals surface area contributed by atoms with Crippen molar-refractivity contribution in [2.45, 2.75) is 24.7 Å². The summed E-state index contributed by atoms with van der Waals surface area (Å²) in [4.78, 5) is 14.4. The summed E-state index contributed by atoms with van der Waals surface area (Å²) < 4.78 is 28.4. The van der Waals surface area contributed by atoms with Gasteiger partial charge in [-0.15, -0.1) is 0 Å². The summed E-state index contributed by atoms with van der Waals surface area (Å²) in [7, 11) is 0. The molecule has 4 nitrogen and oxygen atoms in total. The topological polar surface area (TPSA) is 60.4 Å². The van der Waals surface area contributed by atoms with E-state index in [2.05, 4.69) is 10.7 Å². The lowest BCUT2D eigenvalue weighted by atomic mass is 10.2. The molecule has 2 aromatic rings. The Hall–Kier alpha value is -1.98. The van der Waals surface area contributed by atoms with Crippen LogP contribution in [-0.4, -0.2) is 15.3 Å². The number of alkyl halides is 2. The van der Waals surface area contributed by atoms with Crippen LogP contribution >= 0.6 is 0 Å². The van der Waals surface area contributed by atoms with Gasteiger partial charge in [0, 0.05) is 12.4 Å². The fourth-order valence-electron chi connectivity index (χ4n) is 1.94. The summed E-state index contributed by atoms with van der Waals surface area (Å²) in [6.45, 7) is 0. The lowest BCUT2D eigenvalue weighted by molar-refractivity contribution is -0.143. The number of hydrogen-bond acceptors (Lipinski definition) is 2. The van der Waals surface area contributed by atoms with Gasteiger partial charge in [-0.25, -0.2) is 4.98 Å². The number of aromatic nitrogens is 2. The van der Waals surface area contributed by atoms with Crippen molar-refractivity contribution in [3.8, 4) is 0 Å². The number of amides is 1. The molecule has 18 heavy (non-hydrogen) atoms. The van der Waals surface area contributed by atoms with Crippen LogP contribution in [-0.2, 0) is 10.7 Å². The number of primary amides is 1. The Morgan fingerprint density at radius 1 is 1.39 bits per heavy atom. The van der Waals surface area contributed by atoms with Crippen LogP contribution in [0.5, 0.6) is 0 Å². The van der Waals surface area contributed by atoms with E-state index in [1.807, 2.05) is 6.07 Å². The number of fused-ring (bicyclic) bond motifs is 1. The Morgan fingerprint density at radius 3 is 2.72 bits per heavy atom. The van der Waals surface area contributed by atoms with Crippen LogP contribution in [0.2, 0.25) is 0 Å². The predicted molar refractivity (Wildman–Crippen MR) is 60.3 cm³/mol. The first-order valence-corrected chi connectivity index (χ1v) is 5.65. The largest absolute Gasteiger partial charge is 0.367 e. The number of carbonyl (C=O) groups is 1. The summed E-state index contributed by atoms with van der Waals surface area (Å²) in [6.07, 6.45) is 5.20. The molecule has 1 fully saturated rings. The maximum absolute atomic E-state index is 13.4. The third-order valence-corrected chi connectivity index (χ3v) is 3.15. The zero-order valence-electron chi connectivity index (χ0n) is 9.44. The molecular formula is C12H11F2N3O. The minimum atomic E-state index is -3.73. The van der Waals surface area contributed by atoms with Crippen molar-refractivity contribution in [3.63, 3.8) is 0 Å². The number of rotatable bonds is 3. The highest BCUT2D eigenvalue weighted by atomic mass is 19.3. The van der Waals surface area contributed by atoms with E-state index in [9.17, 15) is 13.6 Å². The lowest BCUT2D eigenvalue weighted by Crippen LogP contribution is -2.33. The van der Waals surface area contributed by atoms with Crippen molar-refractivity contribution in [2.75, 3.05) is 0 Å². The van der Waals surface area contributed by atoms with Crippen molar-refractivity contribution in [2.24, 2.45) is 5.73 Å². The zero-order chi connectivity index (χ0) is 12.9. The van der Waals surface area contributed by atoms with E-state index < -0.39 is 17.5 Å². The zero-order valence-corrected chi connectivity index (χ0v) is 9.44. The van der Waals surface area contributed by atoms with Crippen LogP contribution in [0, 0.1) is 0 Å². The van der Waals surface area contributed by atoms with Gasteiger partial charge in [-0.2, -0.15) is 8.78 Å². The second kappa shape index (κ2) is 3.51. The van der Waals surface area contributed by atoms with Gasteiger partial charge in [0.1, 0.15) is 11.3 Å². The van der Waals surface area contributed by atoms with Crippen molar-refractivity contribution in [1.29, 1.82) is 0 Å². The summed E-state index contributed by atoms with van der Waals surface area (Å²) in [6, 6.07) is 3.56. The van der Waals surface area contributed by atoms with E-state index >= 15 is 0 Å². The number of hydrogen-bond donors (Lipinski definition) is 1. The van der Waals surface area contributed by atoms with Crippen LogP contribution < -0.4 is 5.73 Å². The first-order valence-electron chi connectivity index (χ1n) is 5.65. The van der Waals surface area contributed by atoms with E-state index in [0.29, 0.717) is 11.6 Å². The van der Waals surface area contributed by atoms with Gasteiger partial charge in [0.25, 0.3) is 5.91 Å². The number of nitrogens with zero attached hydrogens (tertiary/aromatic N) is 2. The minimum Gasteiger partial charge on any atom is -0.364 e. The Morgan fingerprint density at radius 2 is 2.11 bits per heavy atom. The number of carbonyl (C=O) groups excluding carboxylic acids is 1. The molecule has 0 spiro atoms. The molecule has 1 aliphatic carbocycles. The summed E-state index contributed by atoms with van der Waals surface area (Å²) in [5.41, 5.74) is 5.56. The van der Waals surface area contributed by atoms with E-state index in [-0.39, 0.29) is 0 Å². The van der Waals surface area contributed by atoms with Crippen molar-refractivity contribution in [3.05, 3.63) is 35.8 Å². The lowest BCUT2D eigenvalue weighted by Gasteiger charge is -2.07. The molecule has 2 heterocycles. The second-order valence-corrected chi connectivity index (χ2v) is 4.57. The number of imidazole rings is 1.